The number of carbonyl (C=O) groups is 3. The van der Waals surface area contributed by atoms with Crippen LogP contribution in [0.5, 0.6) is 5.75 Å². The van der Waals surface area contributed by atoms with Gasteiger partial charge in [0.15, 0.2) is 11.2 Å². The van der Waals surface area contributed by atoms with E-state index < -0.39 is 23.9 Å². The Morgan fingerprint density at radius 3 is 2.50 bits per heavy atom. The highest BCUT2D eigenvalue weighted by atomic mass is 35.5. The SMILES string of the molecule is COC(=O)CCC(=O)NC(=S)NNC(=O)C(C)Oc1ccc(Cl)cc1Cl. The number of methoxy groups -OCH3 is 1. The number of hydrogen-bond acceptors (Lipinski definition) is 6. The third kappa shape index (κ3) is 7.85. The lowest BCUT2D eigenvalue weighted by Gasteiger charge is -2.17. The van der Waals surface area contributed by atoms with Gasteiger partial charge in [0, 0.05) is 11.4 Å². The molecule has 1 unspecified atom stereocenters. The molecule has 0 saturated carbocycles. The molecule has 26 heavy (non-hydrogen) atoms. The van der Waals surface area contributed by atoms with Gasteiger partial charge in [-0.25, -0.2) is 0 Å². The van der Waals surface area contributed by atoms with Gasteiger partial charge in [0.25, 0.3) is 5.91 Å². The number of rotatable bonds is 6. The summed E-state index contributed by atoms with van der Waals surface area (Å²) in [5.41, 5.74) is 4.64. The average Bonchev–Trinajstić information content (AvgIpc) is 2.59. The standard InChI is InChI=1S/C15H17Cl2N3O5S/c1-8(25-11-4-3-9(16)7-10(11)17)14(23)19-20-15(26)18-12(21)5-6-13(22)24-2/h3-4,7-8H,5-6H2,1-2H3,(H,19,23)(H2,18,20,21,26). The van der Waals surface area contributed by atoms with Gasteiger partial charge in [-0.1, -0.05) is 23.2 Å². The highest BCUT2D eigenvalue weighted by Crippen LogP contribution is 2.28. The van der Waals surface area contributed by atoms with Crippen molar-refractivity contribution >= 4 is 58.3 Å². The zero-order valence-corrected chi connectivity index (χ0v) is 16.3. The summed E-state index contributed by atoms with van der Waals surface area (Å²) in [6, 6.07) is 4.60. The third-order valence-corrected chi connectivity index (χ3v) is 3.64. The Morgan fingerprint density at radius 2 is 1.88 bits per heavy atom. The van der Waals surface area contributed by atoms with Crippen molar-refractivity contribution in [3.63, 3.8) is 0 Å². The van der Waals surface area contributed by atoms with E-state index >= 15 is 0 Å². The van der Waals surface area contributed by atoms with E-state index in [4.69, 9.17) is 40.2 Å². The molecular formula is C15H17Cl2N3O5S. The number of nitrogens with one attached hydrogen (secondary N) is 3. The third-order valence-electron chi connectivity index (χ3n) is 2.90. The molecule has 0 saturated heterocycles. The van der Waals surface area contributed by atoms with Gasteiger partial charge in [-0.3, -0.25) is 25.2 Å². The second-order valence-electron chi connectivity index (χ2n) is 4.90. The molecule has 11 heteroatoms. The van der Waals surface area contributed by atoms with Crippen LogP contribution in [-0.2, 0) is 19.1 Å². The summed E-state index contributed by atoms with van der Waals surface area (Å²) in [6.45, 7) is 1.50. The lowest BCUT2D eigenvalue weighted by molar-refractivity contribution is -0.142. The number of thiocarbonyl (C=S) groups is 1. The Bertz CT molecular complexity index is 702. The molecule has 1 aromatic carbocycles. The molecule has 0 radical (unpaired) electrons. The summed E-state index contributed by atoms with van der Waals surface area (Å²) < 4.78 is 9.85. The smallest absolute Gasteiger partial charge is 0.306 e. The van der Waals surface area contributed by atoms with Crippen molar-refractivity contribution in [3.05, 3.63) is 28.2 Å². The minimum atomic E-state index is -0.904. The van der Waals surface area contributed by atoms with Gasteiger partial charge in [0.2, 0.25) is 5.91 Å². The van der Waals surface area contributed by atoms with Crippen molar-refractivity contribution < 1.29 is 23.9 Å². The van der Waals surface area contributed by atoms with Gasteiger partial charge in [-0.2, -0.15) is 0 Å². The summed E-state index contributed by atoms with van der Waals surface area (Å²) >= 11 is 16.6. The fraction of sp³-hybridized carbons (Fsp3) is 0.333. The van der Waals surface area contributed by atoms with Crippen molar-refractivity contribution in [1.29, 1.82) is 0 Å². The summed E-state index contributed by atoms with van der Waals surface area (Å²) in [4.78, 5) is 34.5. The van der Waals surface area contributed by atoms with E-state index in [9.17, 15) is 14.4 Å². The minimum Gasteiger partial charge on any atom is -0.479 e. The normalized spacial score (nSPS) is 11.1. The first-order chi connectivity index (χ1) is 12.2. The van der Waals surface area contributed by atoms with Crippen LogP contribution in [0.25, 0.3) is 0 Å². The predicted octanol–water partition coefficient (Wildman–Crippen LogP) is 1.74. The van der Waals surface area contributed by atoms with Gasteiger partial charge in [0.1, 0.15) is 5.75 Å². The van der Waals surface area contributed by atoms with Crippen LogP contribution in [0.15, 0.2) is 18.2 Å². The number of amides is 2. The summed E-state index contributed by atoms with van der Waals surface area (Å²) in [7, 11) is 1.22. The lowest BCUT2D eigenvalue weighted by atomic mass is 10.3. The molecule has 0 aromatic heterocycles. The van der Waals surface area contributed by atoms with Crippen LogP contribution in [0, 0.1) is 0 Å². The van der Waals surface area contributed by atoms with Gasteiger partial charge < -0.3 is 14.8 Å². The Hall–Kier alpha value is -2.10. The van der Waals surface area contributed by atoms with Crippen LogP contribution >= 0.6 is 35.4 Å². The lowest BCUT2D eigenvalue weighted by Crippen LogP contribution is -2.51. The number of benzene rings is 1. The van der Waals surface area contributed by atoms with E-state index in [1.807, 2.05) is 0 Å². The summed E-state index contributed by atoms with van der Waals surface area (Å²) in [6.07, 6.45) is -1.08. The van der Waals surface area contributed by atoms with Crippen LogP contribution < -0.4 is 20.9 Å². The molecule has 0 heterocycles. The van der Waals surface area contributed by atoms with Crippen LogP contribution in [0.2, 0.25) is 10.0 Å². The Morgan fingerprint density at radius 1 is 1.19 bits per heavy atom. The van der Waals surface area contributed by atoms with Gasteiger partial charge in [-0.05, 0) is 37.3 Å². The number of carbonyl (C=O) groups excluding carboxylic acids is 3. The van der Waals surface area contributed by atoms with Crippen molar-refractivity contribution in [2.24, 2.45) is 0 Å². The van der Waals surface area contributed by atoms with E-state index in [0.29, 0.717) is 5.02 Å². The quantitative estimate of drug-likeness (QED) is 0.364. The van der Waals surface area contributed by atoms with Crippen molar-refractivity contribution in [3.8, 4) is 5.75 Å². The largest absolute Gasteiger partial charge is 0.479 e. The molecule has 8 nitrogen and oxygen atoms in total. The molecule has 0 aliphatic rings. The van der Waals surface area contributed by atoms with E-state index in [1.54, 1.807) is 6.07 Å². The van der Waals surface area contributed by atoms with E-state index in [1.165, 1.54) is 26.2 Å². The van der Waals surface area contributed by atoms with Crippen LogP contribution in [0.3, 0.4) is 0 Å². The predicted molar refractivity (Wildman–Crippen MR) is 99.8 cm³/mol. The second kappa shape index (κ2) is 10.8. The molecule has 0 fully saturated rings. The Balaban J connectivity index is 2.39. The number of ether oxygens (including phenoxy) is 2. The minimum absolute atomic E-state index is 0.0793. The van der Waals surface area contributed by atoms with Crippen LogP contribution in [0.1, 0.15) is 19.8 Å². The Kier molecular flexibility index (Phi) is 9.11. The molecule has 3 N–H and O–H groups in total. The first kappa shape index (κ1) is 21.9. The number of halogens is 2. The molecule has 1 rings (SSSR count). The van der Waals surface area contributed by atoms with Gasteiger partial charge >= 0.3 is 5.97 Å². The second-order valence-corrected chi connectivity index (χ2v) is 6.15. The highest BCUT2D eigenvalue weighted by molar-refractivity contribution is 7.80. The maximum Gasteiger partial charge on any atom is 0.306 e. The maximum atomic E-state index is 12.0. The zero-order valence-electron chi connectivity index (χ0n) is 13.9. The molecule has 1 atom stereocenters. The first-order valence-electron chi connectivity index (χ1n) is 7.31. The molecule has 0 aliphatic carbocycles. The molecule has 2 amide bonds. The van der Waals surface area contributed by atoms with E-state index in [-0.39, 0.29) is 28.7 Å². The monoisotopic (exact) mass is 421 g/mol. The van der Waals surface area contributed by atoms with Crippen molar-refractivity contribution in [2.75, 3.05) is 7.11 Å². The molecule has 1 aromatic rings. The van der Waals surface area contributed by atoms with Crippen molar-refractivity contribution in [1.82, 2.24) is 16.2 Å². The first-order valence-corrected chi connectivity index (χ1v) is 8.47. The van der Waals surface area contributed by atoms with E-state index in [2.05, 4.69) is 20.9 Å². The molecule has 0 aliphatic heterocycles. The maximum absolute atomic E-state index is 12.0. The fourth-order valence-corrected chi connectivity index (χ4v) is 2.19. The average molecular weight is 422 g/mol. The van der Waals surface area contributed by atoms with Crippen LogP contribution in [0.4, 0.5) is 0 Å². The topological polar surface area (TPSA) is 106 Å². The molecule has 0 bridgehead atoms. The number of hydrazine groups is 1. The molecule has 142 valence electrons. The Labute approximate surface area is 165 Å². The zero-order chi connectivity index (χ0) is 19.7. The summed E-state index contributed by atoms with van der Waals surface area (Å²) in [5, 5.41) is 2.87. The van der Waals surface area contributed by atoms with Gasteiger partial charge in [-0.15, -0.1) is 0 Å². The fourth-order valence-electron chi connectivity index (χ4n) is 1.57. The van der Waals surface area contributed by atoms with Crippen molar-refractivity contribution in [2.45, 2.75) is 25.9 Å². The number of esters is 1. The highest BCUT2D eigenvalue weighted by Gasteiger charge is 2.17. The molecule has 0 spiro atoms. The molecular weight excluding hydrogens is 405 g/mol. The summed E-state index contributed by atoms with van der Waals surface area (Å²) in [5.74, 6) is -1.28. The number of hydrogen-bond donors (Lipinski definition) is 3. The van der Waals surface area contributed by atoms with E-state index in [0.717, 1.165) is 0 Å². The van der Waals surface area contributed by atoms with Gasteiger partial charge in [0.05, 0.1) is 18.6 Å². The van der Waals surface area contributed by atoms with Crippen LogP contribution in [-0.4, -0.2) is 36.1 Å².